The Morgan fingerprint density at radius 2 is 2.05 bits per heavy atom. The van der Waals surface area contributed by atoms with E-state index < -0.39 is 6.04 Å². The Bertz CT molecular complexity index is 584. The molecule has 2 aromatic rings. The first kappa shape index (κ1) is 19.4. The number of carbonyl (C=O) groups is 1. The van der Waals surface area contributed by atoms with Gasteiger partial charge in [0, 0.05) is 18.1 Å². The highest BCUT2D eigenvalue weighted by atomic mass is 35.5. The second-order valence-corrected chi connectivity index (χ2v) is 4.54. The molecule has 0 aliphatic rings. The molecule has 5 nitrogen and oxygen atoms in total. The lowest BCUT2D eigenvalue weighted by Gasteiger charge is -2.13. The third-order valence-electron chi connectivity index (χ3n) is 2.95. The fourth-order valence-electron chi connectivity index (χ4n) is 1.78. The van der Waals surface area contributed by atoms with Crippen LogP contribution >= 0.6 is 24.8 Å². The number of para-hydroxylation sites is 1. The molecule has 0 spiro atoms. The predicted octanol–water partition coefficient (Wildman–Crippen LogP) is 2.37. The minimum atomic E-state index is -0.525. The van der Waals surface area contributed by atoms with Crippen molar-refractivity contribution < 1.29 is 4.79 Å². The van der Waals surface area contributed by atoms with Crippen molar-refractivity contribution in [1.82, 2.24) is 9.55 Å². The SMILES string of the molecule is Cc1nccn1Cc1ccccc1NC(=O)C(C)N.Cl.Cl. The maximum atomic E-state index is 11.7. The van der Waals surface area contributed by atoms with Gasteiger partial charge in [-0.2, -0.15) is 0 Å². The molecule has 0 fully saturated rings. The number of imidazole rings is 1. The van der Waals surface area contributed by atoms with Crippen LogP contribution in [-0.4, -0.2) is 21.5 Å². The number of aromatic nitrogens is 2. The standard InChI is InChI=1S/C14H18N4O.2ClH/c1-10(15)14(19)17-13-6-4-3-5-12(13)9-18-8-7-16-11(18)2;;/h3-8,10H,9,15H2,1-2H3,(H,17,19);2*1H. The molecule has 0 saturated carbocycles. The molecule has 0 radical (unpaired) electrons. The van der Waals surface area contributed by atoms with Gasteiger partial charge < -0.3 is 15.6 Å². The van der Waals surface area contributed by atoms with Crippen molar-refractivity contribution in [3.63, 3.8) is 0 Å². The van der Waals surface area contributed by atoms with Crippen LogP contribution in [0.5, 0.6) is 0 Å². The van der Waals surface area contributed by atoms with E-state index in [1.54, 1.807) is 13.1 Å². The molecule has 1 atom stereocenters. The minimum Gasteiger partial charge on any atom is -0.331 e. The van der Waals surface area contributed by atoms with Gasteiger partial charge in [0.15, 0.2) is 0 Å². The van der Waals surface area contributed by atoms with Crippen LogP contribution in [0.15, 0.2) is 36.7 Å². The summed E-state index contributed by atoms with van der Waals surface area (Å²) in [5.41, 5.74) is 7.38. The summed E-state index contributed by atoms with van der Waals surface area (Å²) < 4.78 is 2.02. The normalized spacial score (nSPS) is 11.0. The maximum absolute atomic E-state index is 11.7. The molecule has 1 unspecified atom stereocenters. The Hall–Kier alpha value is -1.56. The van der Waals surface area contributed by atoms with Crippen LogP contribution in [0.4, 0.5) is 5.69 Å². The zero-order valence-electron chi connectivity index (χ0n) is 11.9. The van der Waals surface area contributed by atoms with Gasteiger partial charge in [-0.15, -0.1) is 24.8 Å². The number of nitrogens with two attached hydrogens (primary N) is 1. The van der Waals surface area contributed by atoms with Crippen LogP contribution in [0.25, 0.3) is 0 Å². The Balaban J connectivity index is 0.00000200. The monoisotopic (exact) mass is 330 g/mol. The third kappa shape index (κ3) is 5.04. The number of hydrogen-bond donors (Lipinski definition) is 2. The Morgan fingerprint density at radius 3 is 2.62 bits per heavy atom. The van der Waals surface area contributed by atoms with E-state index >= 15 is 0 Å². The van der Waals surface area contributed by atoms with E-state index in [0.29, 0.717) is 6.54 Å². The molecule has 21 heavy (non-hydrogen) atoms. The number of benzene rings is 1. The largest absolute Gasteiger partial charge is 0.331 e. The Labute approximate surface area is 136 Å². The van der Waals surface area contributed by atoms with Crippen LogP contribution in [0.3, 0.4) is 0 Å². The molecule has 116 valence electrons. The van der Waals surface area contributed by atoms with Gasteiger partial charge in [-0.3, -0.25) is 4.79 Å². The van der Waals surface area contributed by atoms with Crippen molar-refractivity contribution >= 4 is 36.4 Å². The number of hydrogen-bond acceptors (Lipinski definition) is 3. The first-order valence-electron chi connectivity index (χ1n) is 6.20. The van der Waals surface area contributed by atoms with Crippen molar-refractivity contribution in [2.45, 2.75) is 26.4 Å². The summed E-state index contributed by atoms with van der Waals surface area (Å²) in [6.45, 7) is 4.28. The van der Waals surface area contributed by atoms with Crippen molar-refractivity contribution in [2.75, 3.05) is 5.32 Å². The van der Waals surface area contributed by atoms with Crippen molar-refractivity contribution in [3.05, 3.63) is 48.0 Å². The summed E-state index contributed by atoms with van der Waals surface area (Å²) in [5.74, 6) is 0.753. The van der Waals surface area contributed by atoms with Gasteiger partial charge in [-0.25, -0.2) is 4.98 Å². The first-order chi connectivity index (χ1) is 9.08. The van der Waals surface area contributed by atoms with Crippen molar-refractivity contribution in [2.24, 2.45) is 5.73 Å². The summed E-state index contributed by atoms with van der Waals surface area (Å²) >= 11 is 0. The maximum Gasteiger partial charge on any atom is 0.241 e. The molecule has 1 heterocycles. The predicted molar refractivity (Wildman–Crippen MR) is 89.3 cm³/mol. The van der Waals surface area contributed by atoms with Gasteiger partial charge in [0.2, 0.25) is 5.91 Å². The zero-order valence-corrected chi connectivity index (χ0v) is 13.6. The molecule has 7 heteroatoms. The molecule has 3 N–H and O–H groups in total. The first-order valence-corrected chi connectivity index (χ1v) is 6.20. The van der Waals surface area contributed by atoms with E-state index in [1.165, 1.54) is 0 Å². The van der Waals surface area contributed by atoms with Gasteiger partial charge >= 0.3 is 0 Å². The smallest absolute Gasteiger partial charge is 0.241 e. The second-order valence-electron chi connectivity index (χ2n) is 4.54. The van der Waals surface area contributed by atoms with Crippen LogP contribution in [0.1, 0.15) is 18.3 Å². The summed E-state index contributed by atoms with van der Waals surface area (Å²) in [6, 6.07) is 7.17. The lowest BCUT2D eigenvalue weighted by molar-refractivity contribution is -0.117. The number of anilines is 1. The summed E-state index contributed by atoms with van der Waals surface area (Å²) in [5, 5.41) is 2.84. The molecule has 1 aromatic carbocycles. The number of rotatable bonds is 4. The van der Waals surface area contributed by atoms with Crippen LogP contribution in [0.2, 0.25) is 0 Å². The lowest BCUT2D eigenvalue weighted by Crippen LogP contribution is -2.32. The Morgan fingerprint density at radius 1 is 1.38 bits per heavy atom. The van der Waals surface area contributed by atoms with E-state index in [4.69, 9.17) is 5.73 Å². The Kier molecular flexibility index (Phi) is 8.02. The molecule has 0 aliphatic heterocycles. The van der Waals surface area contributed by atoms with Gasteiger partial charge in [0.1, 0.15) is 5.82 Å². The van der Waals surface area contributed by atoms with Gasteiger partial charge in [0.05, 0.1) is 12.6 Å². The molecule has 1 amide bonds. The van der Waals surface area contributed by atoms with Gasteiger partial charge in [-0.1, -0.05) is 18.2 Å². The topological polar surface area (TPSA) is 72.9 Å². The quantitative estimate of drug-likeness (QED) is 0.903. The number of amides is 1. The van der Waals surface area contributed by atoms with Crippen molar-refractivity contribution in [1.29, 1.82) is 0 Å². The van der Waals surface area contributed by atoms with Crippen LogP contribution in [0, 0.1) is 6.92 Å². The molecule has 1 aromatic heterocycles. The van der Waals surface area contributed by atoms with E-state index in [2.05, 4.69) is 10.3 Å². The van der Waals surface area contributed by atoms with Gasteiger partial charge in [-0.05, 0) is 25.5 Å². The number of carbonyl (C=O) groups excluding carboxylic acids is 1. The molecule has 0 aliphatic carbocycles. The summed E-state index contributed by atoms with van der Waals surface area (Å²) in [7, 11) is 0. The van der Waals surface area contributed by atoms with Crippen molar-refractivity contribution in [3.8, 4) is 0 Å². The van der Waals surface area contributed by atoms with Crippen LogP contribution < -0.4 is 11.1 Å². The average molecular weight is 331 g/mol. The third-order valence-corrected chi connectivity index (χ3v) is 2.95. The van der Waals surface area contributed by atoms with E-state index in [1.807, 2.05) is 42.0 Å². The highest BCUT2D eigenvalue weighted by Crippen LogP contribution is 2.17. The molecule has 0 saturated heterocycles. The number of halogens is 2. The molecule has 0 bridgehead atoms. The van der Waals surface area contributed by atoms with Gasteiger partial charge in [0.25, 0.3) is 0 Å². The molecular formula is C14H20Cl2N4O. The summed E-state index contributed by atoms with van der Waals surface area (Å²) in [4.78, 5) is 15.9. The average Bonchev–Trinajstić information content (AvgIpc) is 2.77. The number of nitrogens with zero attached hydrogens (tertiary/aromatic N) is 2. The van der Waals surface area contributed by atoms with E-state index in [-0.39, 0.29) is 30.7 Å². The fourth-order valence-corrected chi connectivity index (χ4v) is 1.78. The number of nitrogens with one attached hydrogen (secondary N) is 1. The minimum absolute atomic E-state index is 0. The number of aryl methyl sites for hydroxylation is 1. The molecule has 2 rings (SSSR count). The molecular weight excluding hydrogens is 311 g/mol. The second kappa shape index (κ2) is 8.67. The van der Waals surface area contributed by atoms with Crippen LogP contribution in [-0.2, 0) is 11.3 Å². The fraction of sp³-hybridized carbons (Fsp3) is 0.286. The lowest BCUT2D eigenvalue weighted by atomic mass is 10.1. The zero-order chi connectivity index (χ0) is 13.8. The van der Waals surface area contributed by atoms with E-state index in [0.717, 1.165) is 17.1 Å². The van der Waals surface area contributed by atoms with E-state index in [9.17, 15) is 4.79 Å². The highest BCUT2D eigenvalue weighted by Gasteiger charge is 2.10. The highest BCUT2D eigenvalue weighted by molar-refractivity contribution is 5.95. The summed E-state index contributed by atoms with van der Waals surface area (Å²) in [6.07, 6.45) is 3.68.